The fraction of sp³-hybridized carbons (Fsp3) is 0.158. The number of hydrazone groups is 1. The number of amides is 3. The average molecular weight is 403 g/mol. The number of ether oxygens (including phenoxy) is 1. The number of nitrogens with zero attached hydrogens (tertiary/aromatic N) is 1. The Hall–Kier alpha value is -3.39. The maximum atomic E-state index is 12.0. The summed E-state index contributed by atoms with van der Waals surface area (Å²) in [4.78, 5) is 35.8. The van der Waals surface area contributed by atoms with E-state index in [1.165, 1.54) is 7.11 Å². The summed E-state index contributed by atoms with van der Waals surface area (Å²) in [5.74, 6) is -1.78. The molecule has 9 heteroatoms. The number of anilines is 2. The van der Waals surface area contributed by atoms with Gasteiger partial charge in [-0.3, -0.25) is 14.4 Å². The van der Waals surface area contributed by atoms with Gasteiger partial charge < -0.3 is 15.4 Å². The number of methoxy groups -OCH3 is 1. The number of hydrogen-bond donors (Lipinski definition) is 3. The third kappa shape index (κ3) is 6.40. The van der Waals surface area contributed by atoms with Gasteiger partial charge in [0.15, 0.2) is 0 Å². The number of para-hydroxylation sites is 2. The Morgan fingerprint density at radius 3 is 2.36 bits per heavy atom. The smallest absolute Gasteiger partial charge is 0.329 e. The van der Waals surface area contributed by atoms with Gasteiger partial charge in [-0.1, -0.05) is 23.7 Å². The summed E-state index contributed by atoms with van der Waals surface area (Å²) in [6, 6.07) is 13.3. The molecule has 0 saturated heterocycles. The second kappa shape index (κ2) is 10.1. The van der Waals surface area contributed by atoms with Gasteiger partial charge in [0.05, 0.1) is 19.2 Å². The number of hydrogen-bond acceptors (Lipinski definition) is 5. The first-order chi connectivity index (χ1) is 13.4. The van der Waals surface area contributed by atoms with Crippen molar-refractivity contribution in [2.24, 2.45) is 5.10 Å². The molecule has 2 aromatic rings. The molecule has 0 saturated carbocycles. The average Bonchev–Trinajstić information content (AvgIpc) is 2.68. The minimum atomic E-state index is -0.969. The lowest BCUT2D eigenvalue weighted by molar-refractivity contribution is -0.136. The van der Waals surface area contributed by atoms with Crippen LogP contribution in [0.3, 0.4) is 0 Å². The van der Waals surface area contributed by atoms with Gasteiger partial charge in [0.2, 0.25) is 5.91 Å². The topological polar surface area (TPSA) is 109 Å². The van der Waals surface area contributed by atoms with Crippen molar-refractivity contribution in [2.45, 2.75) is 13.3 Å². The standard InChI is InChI=1S/C19H19ClN4O4/c1-12(11-17(25)21-14-9-7-13(20)8-10-14)23-24-19(27)18(26)22-15-5-3-4-6-16(15)28-2/h3-10H,11H2,1-2H3,(H,21,25)(H,22,26)(H,24,27)/b23-12+. The predicted octanol–water partition coefficient (Wildman–Crippen LogP) is 2.81. The van der Waals surface area contributed by atoms with Crippen molar-refractivity contribution >= 4 is 46.4 Å². The first-order valence-corrected chi connectivity index (χ1v) is 8.59. The number of benzene rings is 2. The molecule has 8 nitrogen and oxygen atoms in total. The number of carbonyl (C=O) groups excluding carboxylic acids is 3. The molecule has 0 fully saturated rings. The highest BCUT2D eigenvalue weighted by Crippen LogP contribution is 2.22. The monoisotopic (exact) mass is 402 g/mol. The van der Waals surface area contributed by atoms with E-state index in [1.807, 2.05) is 0 Å². The van der Waals surface area contributed by atoms with Crippen molar-refractivity contribution in [1.82, 2.24) is 5.43 Å². The van der Waals surface area contributed by atoms with Gasteiger partial charge in [0.25, 0.3) is 0 Å². The van der Waals surface area contributed by atoms with Crippen LogP contribution in [-0.2, 0) is 14.4 Å². The molecule has 0 atom stereocenters. The summed E-state index contributed by atoms with van der Waals surface area (Å²) in [5, 5.41) is 9.43. The Balaban J connectivity index is 1.85. The molecule has 0 aromatic heterocycles. The van der Waals surface area contributed by atoms with Gasteiger partial charge in [0, 0.05) is 16.4 Å². The summed E-state index contributed by atoms with van der Waals surface area (Å²) in [6.45, 7) is 1.56. The van der Waals surface area contributed by atoms with Crippen molar-refractivity contribution in [1.29, 1.82) is 0 Å². The Morgan fingerprint density at radius 2 is 1.68 bits per heavy atom. The van der Waals surface area contributed by atoms with Crippen molar-refractivity contribution < 1.29 is 19.1 Å². The van der Waals surface area contributed by atoms with Gasteiger partial charge in [-0.15, -0.1) is 0 Å². The first-order valence-electron chi connectivity index (χ1n) is 8.22. The molecule has 0 aliphatic carbocycles. The van der Waals surface area contributed by atoms with Crippen LogP contribution in [0.1, 0.15) is 13.3 Å². The molecule has 0 heterocycles. The summed E-state index contributed by atoms with van der Waals surface area (Å²) in [6.07, 6.45) is -0.0585. The van der Waals surface area contributed by atoms with E-state index in [1.54, 1.807) is 55.5 Å². The van der Waals surface area contributed by atoms with Gasteiger partial charge in [-0.2, -0.15) is 5.10 Å². The van der Waals surface area contributed by atoms with E-state index in [-0.39, 0.29) is 12.3 Å². The Bertz CT molecular complexity index is 897. The second-order valence-electron chi connectivity index (χ2n) is 5.67. The molecule has 3 amide bonds. The van der Waals surface area contributed by atoms with E-state index >= 15 is 0 Å². The third-order valence-corrected chi connectivity index (χ3v) is 3.71. The Labute approximate surface area is 166 Å². The Morgan fingerprint density at radius 1 is 1.00 bits per heavy atom. The molecule has 0 aliphatic heterocycles. The van der Waals surface area contributed by atoms with Gasteiger partial charge in [-0.25, -0.2) is 5.43 Å². The molecule has 0 spiro atoms. The lowest BCUT2D eigenvalue weighted by Gasteiger charge is -2.09. The largest absolute Gasteiger partial charge is 0.495 e. The van der Waals surface area contributed by atoms with Crippen LogP contribution < -0.4 is 20.8 Å². The van der Waals surface area contributed by atoms with Crippen LogP contribution in [0, 0.1) is 0 Å². The highest BCUT2D eigenvalue weighted by Gasteiger charge is 2.15. The number of rotatable bonds is 6. The maximum absolute atomic E-state index is 12.0. The van der Waals surface area contributed by atoms with E-state index in [9.17, 15) is 14.4 Å². The highest BCUT2D eigenvalue weighted by atomic mass is 35.5. The number of halogens is 1. The van der Waals surface area contributed by atoms with Crippen LogP contribution in [0.25, 0.3) is 0 Å². The molecule has 2 aromatic carbocycles. The van der Waals surface area contributed by atoms with Gasteiger partial charge >= 0.3 is 11.8 Å². The van der Waals surface area contributed by atoms with Gasteiger partial charge in [0.1, 0.15) is 5.75 Å². The molecular formula is C19H19ClN4O4. The third-order valence-electron chi connectivity index (χ3n) is 3.45. The lowest BCUT2D eigenvalue weighted by atomic mass is 10.2. The Kier molecular flexibility index (Phi) is 7.53. The summed E-state index contributed by atoms with van der Waals surface area (Å²) in [5.41, 5.74) is 3.38. The molecule has 0 unspecified atom stereocenters. The van der Waals surface area contributed by atoms with Crippen LogP contribution in [0.5, 0.6) is 5.75 Å². The molecule has 28 heavy (non-hydrogen) atoms. The molecule has 0 radical (unpaired) electrons. The van der Waals surface area contributed by atoms with Crippen LogP contribution in [0.2, 0.25) is 5.02 Å². The fourth-order valence-corrected chi connectivity index (χ4v) is 2.26. The predicted molar refractivity (Wildman–Crippen MR) is 108 cm³/mol. The minimum absolute atomic E-state index is 0.0585. The normalized spacial score (nSPS) is 10.8. The quantitative estimate of drug-likeness (QED) is 0.392. The zero-order valence-electron chi connectivity index (χ0n) is 15.3. The van der Waals surface area contributed by atoms with E-state index in [2.05, 4.69) is 21.2 Å². The SMILES string of the molecule is COc1ccccc1NC(=O)C(=O)N/N=C(\C)CC(=O)Nc1ccc(Cl)cc1. The first kappa shape index (κ1) is 20.9. The van der Waals surface area contributed by atoms with E-state index in [0.717, 1.165) is 0 Å². The number of carbonyl (C=O) groups is 3. The van der Waals surface area contributed by atoms with Crippen LogP contribution >= 0.6 is 11.6 Å². The molecule has 3 N–H and O–H groups in total. The summed E-state index contributed by atoms with van der Waals surface area (Å²) >= 11 is 5.79. The van der Waals surface area contributed by atoms with Crippen molar-refractivity contribution in [3.05, 3.63) is 53.6 Å². The molecule has 0 aliphatic rings. The van der Waals surface area contributed by atoms with Crippen molar-refractivity contribution in [2.75, 3.05) is 17.7 Å². The fourth-order valence-electron chi connectivity index (χ4n) is 2.13. The second-order valence-corrected chi connectivity index (χ2v) is 6.11. The van der Waals surface area contributed by atoms with E-state index < -0.39 is 11.8 Å². The van der Waals surface area contributed by atoms with E-state index in [4.69, 9.17) is 16.3 Å². The van der Waals surface area contributed by atoms with Crippen molar-refractivity contribution in [3.8, 4) is 5.75 Å². The van der Waals surface area contributed by atoms with Crippen molar-refractivity contribution in [3.63, 3.8) is 0 Å². The molecular weight excluding hydrogens is 384 g/mol. The van der Waals surface area contributed by atoms with Crippen LogP contribution in [-0.4, -0.2) is 30.5 Å². The minimum Gasteiger partial charge on any atom is -0.495 e. The van der Waals surface area contributed by atoms with E-state index in [0.29, 0.717) is 27.9 Å². The molecule has 0 bridgehead atoms. The van der Waals surface area contributed by atoms with Crippen LogP contribution in [0.4, 0.5) is 11.4 Å². The zero-order chi connectivity index (χ0) is 20.5. The van der Waals surface area contributed by atoms with Gasteiger partial charge in [-0.05, 0) is 43.3 Å². The summed E-state index contributed by atoms with van der Waals surface area (Å²) < 4.78 is 5.10. The number of nitrogens with one attached hydrogen (secondary N) is 3. The molecule has 2 rings (SSSR count). The summed E-state index contributed by atoms with van der Waals surface area (Å²) in [7, 11) is 1.45. The highest BCUT2D eigenvalue weighted by molar-refractivity contribution is 6.39. The maximum Gasteiger partial charge on any atom is 0.329 e. The lowest BCUT2D eigenvalue weighted by Crippen LogP contribution is -2.33. The zero-order valence-corrected chi connectivity index (χ0v) is 16.0. The molecule has 146 valence electrons. The van der Waals surface area contributed by atoms with Crippen LogP contribution in [0.15, 0.2) is 53.6 Å².